The highest BCUT2D eigenvalue weighted by Crippen LogP contribution is 2.24. The number of thiophene rings is 1. The van der Waals surface area contributed by atoms with E-state index in [0.29, 0.717) is 11.8 Å². The monoisotopic (exact) mass is 317 g/mol. The van der Waals surface area contributed by atoms with Crippen molar-refractivity contribution in [3.63, 3.8) is 0 Å². The second-order valence-electron chi connectivity index (χ2n) is 5.45. The van der Waals surface area contributed by atoms with Crippen LogP contribution in [0.15, 0.2) is 34.3 Å². The molecule has 0 bridgehead atoms. The van der Waals surface area contributed by atoms with E-state index in [1.54, 1.807) is 11.3 Å². The lowest BCUT2D eigenvalue weighted by Crippen LogP contribution is -2.33. The standard InChI is InChI=1S/C15H19N5OS/c1-10-7-16-20(8-10)9-11(2)17-12(3)14-18-19-15(21-14)13-5-4-6-22-13/h4-8,11-12,17H,9H2,1-3H3/t11-,12+/m1/s1. The molecule has 2 atom stereocenters. The second kappa shape index (κ2) is 6.41. The average Bonchev–Trinajstić information content (AvgIpc) is 3.18. The van der Waals surface area contributed by atoms with Crippen molar-refractivity contribution in [2.75, 3.05) is 0 Å². The van der Waals surface area contributed by atoms with Crippen molar-refractivity contribution in [1.82, 2.24) is 25.3 Å². The molecule has 0 aliphatic heterocycles. The predicted molar refractivity (Wildman–Crippen MR) is 85.6 cm³/mol. The Balaban J connectivity index is 1.60. The zero-order chi connectivity index (χ0) is 15.5. The number of rotatable bonds is 6. The van der Waals surface area contributed by atoms with Gasteiger partial charge in [-0.2, -0.15) is 5.10 Å². The molecule has 0 saturated carbocycles. The van der Waals surface area contributed by atoms with E-state index in [1.807, 2.05) is 48.4 Å². The van der Waals surface area contributed by atoms with Crippen LogP contribution in [0.1, 0.15) is 31.3 Å². The molecule has 3 aromatic rings. The van der Waals surface area contributed by atoms with E-state index in [-0.39, 0.29) is 12.1 Å². The van der Waals surface area contributed by atoms with E-state index in [2.05, 4.69) is 27.5 Å². The van der Waals surface area contributed by atoms with Crippen molar-refractivity contribution in [2.24, 2.45) is 0 Å². The summed E-state index contributed by atoms with van der Waals surface area (Å²) in [6.45, 7) is 6.97. The molecule has 0 aromatic carbocycles. The smallest absolute Gasteiger partial charge is 0.257 e. The fraction of sp³-hybridized carbons (Fsp3) is 0.400. The van der Waals surface area contributed by atoms with Gasteiger partial charge in [0.1, 0.15) is 0 Å². The van der Waals surface area contributed by atoms with Gasteiger partial charge in [0.25, 0.3) is 5.89 Å². The Labute approximate surface area is 133 Å². The molecule has 0 unspecified atom stereocenters. The van der Waals surface area contributed by atoms with E-state index in [0.717, 1.165) is 17.0 Å². The Morgan fingerprint density at radius 1 is 1.36 bits per heavy atom. The van der Waals surface area contributed by atoms with E-state index in [9.17, 15) is 0 Å². The topological polar surface area (TPSA) is 68.8 Å². The van der Waals surface area contributed by atoms with Crippen LogP contribution >= 0.6 is 11.3 Å². The third-order valence-electron chi connectivity index (χ3n) is 3.30. The summed E-state index contributed by atoms with van der Waals surface area (Å²) in [4.78, 5) is 0.992. The van der Waals surface area contributed by atoms with Crippen LogP contribution in [0.5, 0.6) is 0 Å². The SMILES string of the molecule is Cc1cnn(C[C@@H](C)N[C@@H](C)c2nnc(-c3cccs3)o2)c1. The normalized spacial score (nSPS) is 14.1. The fourth-order valence-electron chi connectivity index (χ4n) is 2.31. The van der Waals surface area contributed by atoms with Crippen molar-refractivity contribution >= 4 is 11.3 Å². The summed E-state index contributed by atoms with van der Waals surface area (Å²) in [5, 5.41) is 18.0. The molecule has 0 aliphatic carbocycles. The number of hydrogen-bond acceptors (Lipinski definition) is 6. The summed E-state index contributed by atoms with van der Waals surface area (Å²) < 4.78 is 7.68. The highest BCUT2D eigenvalue weighted by molar-refractivity contribution is 7.13. The summed E-state index contributed by atoms with van der Waals surface area (Å²) in [5.74, 6) is 1.18. The minimum absolute atomic E-state index is 0.00660. The Morgan fingerprint density at radius 3 is 2.91 bits per heavy atom. The molecule has 0 spiro atoms. The Morgan fingerprint density at radius 2 is 2.23 bits per heavy atom. The van der Waals surface area contributed by atoms with Gasteiger partial charge in [0, 0.05) is 12.2 Å². The van der Waals surface area contributed by atoms with Gasteiger partial charge in [0.05, 0.1) is 23.7 Å². The Hall–Kier alpha value is -1.99. The van der Waals surface area contributed by atoms with Gasteiger partial charge in [0.15, 0.2) is 0 Å². The number of aromatic nitrogens is 4. The van der Waals surface area contributed by atoms with Crippen LogP contribution in [0.25, 0.3) is 10.8 Å². The molecular formula is C15H19N5OS. The number of nitrogens with zero attached hydrogens (tertiary/aromatic N) is 4. The Kier molecular flexibility index (Phi) is 4.35. The fourth-order valence-corrected chi connectivity index (χ4v) is 2.95. The van der Waals surface area contributed by atoms with Gasteiger partial charge in [-0.1, -0.05) is 6.07 Å². The summed E-state index contributed by atoms with van der Waals surface area (Å²) >= 11 is 1.59. The zero-order valence-corrected chi connectivity index (χ0v) is 13.7. The van der Waals surface area contributed by atoms with Crippen LogP contribution in [0, 0.1) is 6.92 Å². The van der Waals surface area contributed by atoms with E-state index < -0.39 is 0 Å². The first-order valence-corrected chi connectivity index (χ1v) is 8.12. The van der Waals surface area contributed by atoms with Crippen LogP contribution in [-0.2, 0) is 6.54 Å². The minimum Gasteiger partial charge on any atom is -0.418 e. The van der Waals surface area contributed by atoms with E-state index >= 15 is 0 Å². The maximum atomic E-state index is 5.75. The molecule has 3 heterocycles. The molecule has 6 nitrogen and oxygen atoms in total. The van der Waals surface area contributed by atoms with Crippen LogP contribution in [0.4, 0.5) is 0 Å². The number of hydrogen-bond donors (Lipinski definition) is 1. The molecule has 3 aromatic heterocycles. The van der Waals surface area contributed by atoms with Crippen molar-refractivity contribution in [1.29, 1.82) is 0 Å². The number of nitrogens with one attached hydrogen (secondary N) is 1. The lowest BCUT2D eigenvalue weighted by molar-refractivity contribution is 0.362. The summed E-state index contributed by atoms with van der Waals surface area (Å²) in [5.41, 5.74) is 1.16. The van der Waals surface area contributed by atoms with Crippen LogP contribution in [0.3, 0.4) is 0 Å². The third-order valence-corrected chi connectivity index (χ3v) is 4.16. The molecule has 116 valence electrons. The van der Waals surface area contributed by atoms with Crippen LogP contribution in [-0.4, -0.2) is 26.0 Å². The Bertz CT molecular complexity index is 718. The quantitative estimate of drug-likeness (QED) is 0.757. The van der Waals surface area contributed by atoms with Crippen molar-refractivity contribution in [3.8, 4) is 10.8 Å². The summed E-state index contributed by atoms with van der Waals surface area (Å²) in [6, 6.07) is 4.18. The molecule has 0 amide bonds. The summed E-state index contributed by atoms with van der Waals surface area (Å²) in [7, 11) is 0. The van der Waals surface area contributed by atoms with Crippen LogP contribution in [0.2, 0.25) is 0 Å². The largest absolute Gasteiger partial charge is 0.418 e. The number of aryl methyl sites for hydroxylation is 1. The molecule has 7 heteroatoms. The van der Waals surface area contributed by atoms with Gasteiger partial charge in [-0.3, -0.25) is 4.68 Å². The molecule has 0 aliphatic rings. The first-order chi connectivity index (χ1) is 10.6. The minimum atomic E-state index is -0.00660. The molecule has 0 radical (unpaired) electrons. The highest BCUT2D eigenvalue weighted by Gasteiger charge is 2.17. The maximum Gasteiger partial charge on any atom is 0.257 e. The zero-order valence-electron chi connectivity index (χ0n) is 12.9. The third kappa shape index (κ3) is 3.42. The first-order valence-electron chi connectivity index (χ1n) is 7.24. The van der Waals surface area contributed by atoms with Gasteiger partial charge in [-0.05, 0) is 37.8 Å². The molecule has 1 N–H and O–H groups in total. The molecule has 0 saturated heterocycles. The van der Waals surface area contributed by atoms with Gasteiger partial charge >= 0.3 is 0 Å². The van der Waals surface area contributed by atoms with Crippen molar-refractivity contribution < 1.29 is 4.42 Å². The maximum absolute atomic E-state index is 5.75. The highest BCUT2D eigenvalue weighted by atomic mass is 32.1. The van der Waals surface area contributed by atoms with Gasteiger partial charge in [-0.25, -0.2) is 0 Å². The lowest BCUT2D eigenvalue weighted by Gasteiger charge is -2.17. The molecule has 22 heavy (non-hydrogen) atoms. The molecular weight excluding hydrogens is 298 g/mol. The lowest BCUT2D eigenvalue weighted by atomic mass is 10.2. The second-order valence-corrected chi connectivity index (χ2v) is 6.40. The van der Waals surface area contributed by atoms with Crippen molar-refractivity contribution in [2.45, 2.75) is 39.4 Å². The van der Waals surface area contributed by atoms with Crippen molar-refractivity contribution in [3.05, 3.63) is 41.4 Å². The summed E-state index contributed by atoms with van der Waals surface area (Å²) in [6.07, 6.45) is 3.89. The van der Waals surface area contributed by atoms with Gasteiger partial charge < -0.3 is 9.73 Å². The predicted octanol–water partition coefficient (Wildman–Crippen LogP) is 3.04. The molecule has 3 rings (SSSR count). The van der Waals surface area contributed by atoms with E-state index in [1.165, 1.54) is 0 Å². The van der Waals surface area contributed by atoms with Gasteiger partial charge in [-0.15, -0.1) is 21.5 Å². The molecule has 0 fully saturated rings. The van der Waals surface area contributed by atoms with Gasteiger partial charge in [0.2, 0.25) is 5.89 Å². The average molecular weight is 317 g/mol. The van der Waals surface area contributed by atoms with Crippen LogP contribution < -0.4 is 5.32 Å². The first kappa shape index (κ1) is 14.9. The van der Waals surface area contributed by atoms with E-state index in [4.69, 9.17) is 4.42 Å².